The summed E-state index contributed by atoms with van der Waals surface area (Å²) in [6.07, 6.45) is 3.82. The van der Waals surface area contributed by atoms with Crippen LogP contribution in [0.2, 0.25) is 0 Å². The Morgan fingerprint density at radius 3 is 2.67 bits per heavy atom. The first-order valence-electron chi connectivity index (χ1n) is 11.4. The number of carbonyl (C=O) groups excluding carboxylic acids is 1. The molecule has 0 unspecified atom stereocenters. The second kappa shape index (κ2) is 9.50. The van der Waals surface area contributed by atoms with Crippen LogP contribution in [-0.4, -0.2) is 49.9 Å². The number of carbonyl (C=O) groups is 1. The fraction of sp³-hybridized carbons (Fsp3) is 0.417. The van der Waals surface area contributed by atoms with Gasteiger partial charge in [0.05, 0.1) is 33.3 Å². The van der Waals surface area contributed by atoms with E-state index < -0.39 is 10.0 Å². The van der Waals surface area contributed by atoms with Crippen molar-refractivity contribution in [3.05, 3.63) is 53.5 Å². The fourth-order valence-corrected chi connectivity index (χ4v) is 7.32. The van der Waals surface area contributed by atoms with Crippen molar-refractivity contribution in [3.8, 4) is 0 Å². The average Bonchev–Trinajstić information content (AvgIpc) is 3.29. The zero-order valence-corrected chi connectivity index (χ0v) is 19.9. The van der Waals surface area contributed by atoms with Gasteiger partial charge in [0.1, 0.15) is 0 Å². The topological polar surface area (TPSA) is 88.6 Å². The summed E-state index contributed by atoms with van der Waals surface area (Å²) in [5, 5.41) is 4.00. The maximum atomic E-state index is 13.3. The molecule has 1 saturated carbocycles. The number of ether oxygens (including phenoxy) is 1. The van der Waals surface area contributed by atoms with Gasteiger partial charge in [-0.25, -0.2) is 13.4 Å². The van der Waals surface area contributed by atoms with Crippen molar-refractivity contribution in [1.82, 2.24) is 9.29 Å². The second-order valence-corrected chi connectivity index (χ2v) is 11.6. The van der Waals surface area contributed by atoms with Crippen molar-refractivity contribution >= 4 is 43.2 Å². The van der Waals surface area contributed by atoms with Crippen LogP contribution in [0.4, 0.5) is 5.69 Å². The molecule has 1 N–H and O–H groups in total. The fourth-order valence-electron chi connectivity index (χ4n) is 4.69. The minimum Gasteiger partial charge on any atom is -0.379 e. The molecule has 5 rings (SSSR count). The van der Waals surface area contributed by atoms with Gasteiger partial charge in [-0.05, 0) is 43.2 Å². The van der Waals surface area contributed by atoms with Gasteiger partial charge in [0.25, 0.3) is 0 Å². The maximum absolute atomic E-state index is 13.3. The lowest BCUT2D eigenvalue weighted by Gasteiger charge is -2.29. The van der Waals surface area contributed by atoms with Gasteiger partial charge in [-0.1, -0.05) is 31.0 Å². The summed E-state index contributed by atoms with van der Waals surface area (Å²) < 4.78 is 33.8. The molecule has 2 fully saturated rings. The van der Waals surface area contributed by atoms with Crippen LogP contribution in [0.5, 0.6) is 0 Å². The molecule has 2 atom stereocenters. The van der Waals surface area contributed by atoms with Crippen molar-refractivity contribution < 1.29 is 17.9 Å². The first-order chi connectivity index (χ1) is 16.0. The molecule has 174 valence electrons. The minimum atomic E-state index is -3.62. The van der Waals surface area contributed by atoms with E-state index in [2.05, 4.69) is 11.4 Å². The SMILES string of the molecule is O=C(Nc1cccc(S(=O)(=O)N2CCOCC2)c1)[C@H]1CCCC[C@@H]1c1nc2ccccc2s1. The number of para-hydroxylation sites is 1. The van der Waals surface area contributed by atoms with Crippen LogP contribution in [-0.2, 0) is 19.6 Å². The van der Waals surface area contributed by atoms with E-state index in [0.717, 1.165) is 40.9 Å². The lowest BCUT2D eigenvalue weighted by atomic mass is 9.79. The highest BCUT2D eigenvalue weighted by Gasteiger charge is 2.34. The number of hydrogen-bond donors (Lipinski definition) is 1. The Balaban J connectivity index is 1.35. The van der Waals surface area contributed by atoms with Crippen LogP contribution in [0.1, 0.15) is 36.6 Å². The number of hydrogen-bond acceptors (Lipinski definition) is 6. The van der Waals surface area contributed by atoms with Crippen LogP contribution < -0.4 is 5.32 Å². The van der Waals surface area contributed by atoms with Gasteiger partial charge in [-0.15, -0.1) is 11.3 Å². The van der Waals surface area contributed by atoms with E-state index in [-0.39, 0.29) is 22.6 Å². The molecule has 9 heteroatoms. The van der Waals surface area contributed by atoms with Crippen LogP contribution in [0.3, 0.4) is 0 Å². The number of rotatable bonds is 5. The predicted molar refractivity (Wildman–Crippen MR) is 129 cm³/mol. The van der Waals surface area contributed by atoms with E-state index in [0.29, 0.717) is 32.0 Å². The van der Waals surface area contributed by atoms with Gasteiger partial charge in [-0.2, -0.15) is 4.31 Å². The molecule has 1 aromatic heterocycles. The van der Waals surface area contributed by atoms with E-state index in [9.17, 15) is 13.2 Å². The smallest absolute Gasteiger partial charge is 0.243 e. The average molecular weight is 486 g/mol. The molecule has 3 aromatic rings. The van der Waals surface area contributed by atoms with E-state index in [1.807, 2.05) is 18.2 Å². The van der Waals surface area contributed by atoms with Gasteiger partial charge in [0.15, 0.2) is 0 Å². The Hall–Kier alpha value is -2.33. The lowest BCUT2D eigenvalue weighted by Crippen LogP contribution is -2.40. The first-order valence-corrected chi connectivity index (χ1v) is 13.6. The van der Waals surface area contributed by atoms with Gasteiger partial charge < -0.3 is 10.1 Å². The number of benzene rings is 2. The number of amides is 1. The van der Waals surface area contributed by atoms with E-state index in [1.54, 1.807) is 35.6 Å². The number of morpholine rings is 1. The summed E-state index contributed by atoms with van der Waals surface area (Å²) in [7, 11) is -3.62. The Morgan fingerprint density at radius 1 is 1.06 bits per heavy atom. The van der Waals surface area contributed by atoms with Crippen LogP contribution >= 0.6 is 11.3 Å². The van der Waals surface area contributed by atoms with E-state index >= 15 is 0 Å². The number of nitrogens with one attached hydrogen (secondary N) is 1. The number of sulfonamides is 1. The molecule has 1 aliphatic heterocycles. The third-order valence-corrected chi connectivity index (χ3v) is 9.50. The lowest BCUT2D eigenvalue weighted by molar-refractivity contribution is -0.121. The summed E-state index contributed by atoms with van der Waals surface area (Å²) >= 11 is 1.67. The molecule has 0 radical (unpaired) electrons. The van der Waals surface area contributed by atoms with Crippen molar-refractivity contribution in [2.24, 2.45) is 5.92 Å². The van der Waals surface area contributed by atoms with E-state index in [1.165, 1.54) is 4.31 Å². The summed E-state index contributed by atoms with van der Waals surface area (Å²) in [5.74, 6) is -0.171. The molecule has 2 aliphatic rings. The Labute approximate surface area is 197 Å². The molecule has 33 heavy (non-hydrogen) atoms. The van der Waals surface area contributed by atoms with Gasteiger partial charge in [0, 0.05) is 30.6 Å². The zero-order valence-electron chi connectivity index (χ0n) is 18.3. The Morgan fingerprint density at radius 2 is 1.85 bits per heavy atom. The van der Waals surface area contributed by atoms with Crippen LogP contribution in [0.15, 0.2) is 53.4 Å². The monoisotopic (exact) mass is 485 g/mol. The molecule has 2 heterocycles. The predicted octanol–water partition coefficient (Wildman–Crippen LogP) is 4.23. The number of anilines is 1. The van der Waals surface area contributed by atoms with Gasteiger partial charge in [-0.3, -0.25) is 4.79 Å². The minimum absolute atomic E-state index is 0.0696. The Bertz CT molecular complexity index is 1220. The largest absolute Gasteiger partial charge is 0.379 e. The highest BCUT2D eigenvalue weighted by atomic mass is 32.2. The third-order valence-electron chi connectivity index (χ3n) is 6.44. The summed E-state index contributed by atoms with van der Waals surface area (Å²) in [5.41, 5.74) is 1.48. The second-order valence-electron chi connectivity index (χ2n) is 8.55. The highest BCUT2D eigenvalue weighted by molar-refractivity contribution is 7.89. The molecule has 7 nitrogen and oxygen atoms in total. The normalized spacial score (nSPS) is 22.3. The zero-order chi connectivity index (χ0) is 22.8. The molecule has 1 aliphatic carbocycles. The summed E-state index contributed by atoms with van der Waals surface area (Å²) in [6.45, 7) is 1.46. The quantitative estimate of drug-likeness (QED) is 0.584. The first kappa shape index (κ1) is 22.5. The molecule has 1 saturated heterocycles. The van der Waals surface area contributed by atoms with E-state index in [4.69, 9.17) is 9.72 Å². The summed E-state index contributed by atoms with van der Waals surface area (Å²) in [6, 6.07) is 14.6. The number of fused-ring (bicyclic) bond motifs is 1. The molecule has 0 spiro atoms. The number of aromatic nitrogens is 1. The Kier molecular flexibility index (Phi) is 6.47. The number of nitrogens with zero attached hydrogens (tertiary/aromatic N) is 2. The molecule has 1 amide bonds. The van der Waals surface area contributed by atoms with Crippen molar-refractivity contribution in [2.75, 3.05) is 31.6 Å². The van der Waals surface area contributed by atoms with Gasteiger partial charge in [0.2, 0.25) is 15.9 Å². The van der Waals surface area contributed by atoms with Gasteiger partial charge >= 0.3 is 0 Å². The maximum Gasteiger partial charge on any atom is 0.243 e. The van der Waals surface area contributed by atoms with Crippen molar-refractivity contribution in [3.63, 3.8) is 0 Å². The van der Waals surface area contributed by atoms with Crippen molar-refractivity contribution in [1.29, 1.82) is 0 Å². The number of thiazole rings is 1. The third kappa shape index (κ3) is 4.68. The molecular formula is C24H27N3O4S2. The summed E-state index contributed by atoms with van der Waals surface area (Å²) in [4.78, 5) is 18.3. The standard InChI is InChI=1S/C24H27N3O4S2/c28-23(19-8-1-2-9-20(19)24-26-21-10-3-4-11-22(21)32-24)25-17-6-5-7-18(16-17)33(29,30)27-12-14-31-15-13-27/h3-7,10-11,16,19-20H,1-2,8-9,12-15H2,(H,25,28)/t19-,20-/m0/s1. The van der Waals surface area contributed by atoms with Crippen LogP contribution in [0.25, 0.3) is 10.2 Å². The molecular weight excluding hydrogens is 458 g/mol. The van der Waals surface area contributed by atoms with Crippen molar-refractivity contribution in [2.45, 2.75) is 36.5 Å². The highest BCUT2D eigenvalue weighted by Crippen LogP contribution is 2.41. The molecule has 2 aromatic carbocycles. The van der Waals surface area contributed by atoms with Crippen LogP contribution in [0, 0.1) is 5.92 Å². The molecule has 0 bridgehead atoms.